The van der Waals surface area contributed by atoms with Crippen LogP contribution in [0.15, 0.2) is 21.9 Å². The molecule has 0 radical (unpaired) electrons. The van der Waals surface area contributed by atoms with Gasteiger partial charge in [0.2, 0.25) is 0 Å². The molecule has 1 aromatic rings. The van der Waals surface area contributed by atoms with Crippen LogP contribution in [0.2, 0.25) is 0 Å². The molecule has 2 heterocycles. The van der Waals surface area contributed by atoms with Gasteiger partial charge in [-0.3, -0.25) is 14.3 Å². The lowest BCUT2D eigenvalue weighted by Crippen LogP contribution is -2.53. The summed E-state index contributed by atoms with van der Waals surface area (Å²) in [7, 11) is 0. The molecule has 18 heavy (non-hydrogen) atoms. The average Bonchev–Trinajstić information content (AvgIpc) is 2.52. The number of aliphatic hydroxyl groups excluding tert-OH is 2. The lowest BCUT2D eigenvalue weighted by Gasteiger charge is -2.28. The highest BCUT2D eigenvalue weighted by Crippen LogP contribution is 2.35. The summed E-state index contributed by atoms with van der Waals surface area (Å²) < 4.78 is 6.44. The monoisotopic (exact) mass is 257 g/mol. The van der Waals surface area contributed by atoms with E-state index < -0.39 is 41.8 Å². The Morgan fingerprint density at radius 3 is 2.78 bits per heavy atom. The largest absolute Gasteiger partial charge is 0.394 e. The molecular formula is C10H15N3O5. The summed E-state index contributed by atoms with van der Waals surface area (Å²) >= 11 is 0. The Hall–Kier alpha value is -1.48. The van der Waals surface area contributed by atoms with Gasteiger partial charge in [-0.15, -0.1) is 0 Å². The summed E-state index contributed by atoms with van der Waals surface area (Å²) in [6.07, 6.45) is -1.71. The quantitative estimate of drug-likeness (QED) is 0.463. The van der Waals surface area contributed by atoms with Crippen LogP contribution in [0.25, 0.3) is 0 Å². The molecule has 8 heteroatoms. The lowest BCUT2D eigenvalue weighted by molar-refractivity contribution is -0.0487. The standard InChI is InChI=1S/C10H15N3O5/c1-10(11)7(16)5(4-14)18-8(10)13-3-2-6(15)12-9(13)17/h2-3,5,7-8,14,16H,4,11H2,1H3,(H,12,15,17)/t5-,7-,8-,10-/m1/s1. The number of nitrogens with two attached hydrogens (primary N) is 1. The van der Waals surface area contributed by atoms with Gasteiger partial charge >= 0.3 is 5.69 Å². The van der Waals surface area contributed by atoms with Crippen molar-refractivity contribution < 1.29 is 14.9 Å². The molecule has 0 bridgehead atoms. The van der Waals surface area contributed by atoms with E-state index in [-0.39, 0.29) is 0 Å². The smallest absolute Gasteiger partial charge is 0.330 e. The van der Waals surface area contributed by atoms with Crippen LogP contribution in [0.4, 0.5) is 0 Å². The van der Waals surface area contributed by atoms with E-state index in [0.717, 1.165) is 10.6 Å². The highest BCUT2D eigenvalue weighted by molar-refractivity contribution is 5.03. The molecule has 1 aliphatic heterocycles. The molecule has 1 aromatic heterocycles. The Labute approximate surface area is 102 Å². The van der Waals surface area contributed by atoms with Crippen LogP contribution in [0.1, 0.15) is 13.2 Å². The Bertz CT molecular complexity index is 549. The lowest BCUT2D eigenvalue weighted by atomic mass is 9.93. The molecule has 1 aliphatic rings. The van der Waals surface area contributed by atoms with E-state index in [9.17, 15) is 14.7 Å². The Morgan fingerprint density at radius 1 is 1.61 bits per heavy atom. The summed E-state index contributed by atoms with van der Waals surface area (Å²) in [6.45, 7) is 1.10. The van der Waals surface area contributed by atoms with Crippen molar-refractivity contribution in [3.63, 3.8) is 0 Å². The van der Waals surface area contributed by atoms with Crippen molar-refractivity contribution in [1.82, 2.24) is 9.55 Å². The Morgan fingerprint density at radius 2 is 2.28 bits per heavy atom. The maximum absolute atomic E-state index is 11.6. The molecule has 0 unspecified atom stereocenters. The topological polar surface area (TPSA) is 131 Å². The van der Waals surface area contributed by atoms with Crippen molar-refractivity contribution in [3.05, 3.63) is 33.1 Å². The first kappa shape index (κ1) is 13.0. The normalized spacial score (nSPS) is 35.9. The van der Waals surface area contributed by atoms with Gasteiger partial charge in [0, 0.05) is 12.3 Å². The minimum Gasteiger partial charge on any atom is -0.394 e. The first-order valence-electron chi connectivity index (χ1n) is 5.42. The molecule has 4 atom stereocenters. The van der Waals surface area contributed by atoms with Crippen LogP contribution < -0.4 is 17.0 Å². The number of nitrogens with zero attached hydrogens (tertiary/aromatic N) is 1. The summed E-state index contributed by atoms with van der Waals surface area (Å²) in [5, 5.41) is 19.0. The SMILES string of the molecule is C[C@@]1(N)[C@H](O)[C@@H](CO)O[C@H]1n1ccc(=O)[nH]c1=O. The molecular weight excluding hydrogens is 242 g/mol. The molecule has 100 valence electrons. The van der Waals surface area contributed by atoms with Crippen molar-refractivity contribution in [2.75, 3.05) is 6.61 Å². The van der Waals surface area contributed by atoms with E-state index in [2.05, 4.69) is 4.98 Å². The van der Waals surface area contributed by atoms with Crippen LogP contribution in [-0.4, -0.2) is 44.1 Å². The summed E-state index contributed by atoms with van der Waals surface area (Å²) in [6, 6.07) is 1.15. The summed E-state index contributed by atoms with van der Waals surface area (Å²) in [5.41, 5.74) is 3.46. The first-order chi connectivity index (χ1) is 8.37. The van der Waals surface area contributed by atoms with Gasteiger partial charge < -0.3 is 20.7 Å². The zero-order valence-corrected chi connectivity index (χ0v) is 9.74. The molecule has 1 fully saturated rings. The van der Waals surface area contributed by atoms with Crippen LogP contribution in [0, 0.1) is 0 Å². The average molecular weight is 257 g/mol. The number of aliphatic hydroxyl groups is 2. The number of nitrogens with one attached hydrogen (secondary N) is 1. The van der Waals surface area contributed by atoms with Gasteiger partial charge in [0.1, 0.15) is 12.2 Å². The van der Waals surface area contributed by atoms with Crippen LogP contribution in [0.3, 0.4) is 0 Å². The van der Waals surface area contributed by atoms with Gasteiger partial charge in [-0.1, -0.05) is 0 Å². The molecule has 0 spiro atoms. The molecule has 2 rings (SSSR count). The van der Waals surface area contributed by atoms with E-state index in [0.29, 0.717) is 0 Å². The van der Waals surface area contributed by atoms with Gasteiger partial charge in [-0.05, 0) is 6.92 Å². The second-order valence-electron chi connectivity index (χ2n) is 4.54. The fourth-order valence-electron chi connectivity index (χ4n) is 2.05. The van der Waals surface area contributed by atoms with Crippen LogP contribution >= 0.6 is 0 Å². The Balaban J connectivity index is 2.45. The predicted molar refractivity (Wildman–Crippen MR) is 60.9 cm³/mol. The van der Waals surface area contributed by atoms with Crippen LogP contribution in [0.5, 0.6) is 0 Å². The minimum atomic E-state index is -1.25. The van der Waals surface area contributed by atoms with Crippen molar-refractivity contribution in [1.29, 1.82) is 0 Å². The van der Waals surface area contributed by atoms with E-state index >= 15 is 0 Å². The van der Waals surface area contributed by atoms with E-state index in [1.807, 2.05) is 0 Å². The third-order valence-electron chi connectivity index (χ3n) is 3.11. The number of H-pyrrole nitrogens is 1. The molecule has 0 saturated carbocycles. The number of hydrogen-bond donors (Lipinski definition) is 4. The highest BCUT2D eigenvalue weighted by atomic mass is 16.5. The first-order valence-corrected chi connectivity index (χ1v) is 5.42. The van der Waals surface area contributed by atoms with E-state index in [4.69, 9.17) is 15.6 Å². The second-order valence-corrected chi connectivity index (χ2v) is 4.54. The molecule has 5 N–H and O–H groups in total. The second kappa shape index (κ2) is 4.32. The molecule has 0 aromatic carbocycles. The van der Waals surface area contributed by atoms with Crippen LogP contribution in [-0.2, 0) is 4.74 Å². The molecule has 0 amide bonds. The number of ether oxygens (including phenoxy) is 1. The van der Waals surface area contributed by atoms with Crippen molar-refractivity contribution in [2.45, 2.75) is 30.9 Å². The third-order valence-corrected chi connectivity index (χ3v) is 3.11. The van der Waals surface area contributed by atoms with Gasteiger partial charge in [0.25, 0.3) is 5.56 Å². The highest BCUT2D eigenvalue weighted by Gasteiger charge is 2.51. The Kier molecular flexibility index (Phi) is 3.11. The number of aromatic nitrogens is 2. The van der Waals surface area contributed by atoms with Gasteiger partial charge in [0.15, 0.2) is 6.23 Å². The van der Waals surface area contributed by atoms with Crippen molar-refractivity contribution >= 4 is 0 Å². The predicted octanol–water partition coefficient (Wildman–Crippen LogP) is -2.50. The van der Waals surface area contributed by atoms with Crippen molar-refractivity contribution in [3.8, 4) is 0 Å². The fraction of sp³-hybridized carbons (Fsp3) is 0.600. The fourth-order valence-corrected chi connectivity index (χ4v) is 2.05. The molecule has 8 nitrogen and oxygen atoms in total. The van der Waals surface area contributed by atoms with E-state index in [1.165, 1.54) is 13.1 Å². The number of rotatable bonds is 2. The maximum Gasteiger partial charge on any atom is 0.330 e. The summed E-state index contributed by atoms with van der Waals surface area (Å²) in [4.78, 5) is 24.7. The third kappa shape index (κ3) is 1.89. The maximum atomic E-state index is 11.6. The van der Waals surface area contributed by atoms with Gasteiger partial charge in [-0.2, -0.15) is 0 Å². The zero-order valence-electron chi connectivity index (χ0n) is 9.74. The number of aromatic amines is 1. The van der Waals surface area contributed by atoms with Gasteiger partial charge in [0.05, 0.1) is 12.1 Å². The molecule has 1 saturated heterocycles. The summed E-state index contributed by atoms with van der Waals surface area (Å²) in [5.74, 6) is 0. The van der Waals surface area contributed by atoms with E-state index in [1.54, 1.807) is 0 Å². The number of hydrogen-bond acceptors (Lipinski definition) is 6. The van der Waals surface area contributed by atoms with Crippen molar-refractivity contribution in [2.24, 2.45) is 5.73 Å². The minimum absolute atomic E-state index is 0.414. The molecule has 0 aliphatic carbocycles. The van der Waals surface area contributed by atoms with Gasteiger partial charge in [-0.25, -0.2) is 4.79 Å². The zero-order chi connectivity index (χ0) is 13.5.